The Bertz CT molecular complexity index is 651. The fourth-order valence-electron chi connectivity index (χ4n) is 2.50. The molecular formula is C15H15ClN2O2. The summed E-state index contributed by atoms with van der Waals surface area (Å²) >= 11 is 6.02. The third kappa shape index (κ3) is 2.43. The van der Waals surface area contributed by atoms with Crippen LogP contribution in [0.5, 0.6) is 0 Å². The van der Waals surface area contributed by atoms with Gasteiger partial charge in [-0.1, -0.05) is 35.8 Å². The lowest BCUT2D eigenvalue weighted by molar-refractivity contribution is 0.102. The zero-order chi connectivity index (χ0) is 14.1. The molecule has 4 nitrogen and oxygen atoms in total. The van der Waals surface area contributed by atoms with E-state index in [-0.39, 0.29) is 5.91 Å². The second-order valence-corrected chi connectivity index (χ2v) is 5.63. The third-order valence-electron chi connectivity index (χ3n) is 3.64. The van der Waals surface area contributed by atoms with Gasteiger partial charge in [-0.05, 0) is 37.3 Å². The molecule has 1 aromatic carbocycles. The topological polar surface area (TPSA) is 55.1 Å². The van der Waals surface area contributed by atoms with Gasteiger partial charge in [0.2, 0.25) is 5.88 Å². The Balaban J connectivity index is 1.84. The van der Waals surface area contributed by atoms with Crippen LogP contribution in [0, 0.1) is 5.92 Å². The van der Waals surface area contributed by atoms with Crippen LogP contribution in [-0.4, -0.2) is 11.1 Å². The maximum absolute atomic E-state index is 12.2. The molecule has 1 heterocycles. The van der Waals surface area contributed by atoms with Crippen LogP contribution in [-0.2, 0) is 12.8 Å². The molecule has 20 heavy (non-hydrogen) atoms. The standard InChI is InChI=1S/C15H15ClN2O2/c1-9-6-7-13-11(8-9)15(20-18-13)17-14(19)10-4-2-3-5-12(10)16/h2-5,9H,6-8H2,1H3,(H,17,19)/t9-/m1/s1. The Labute approximate surface area is 122 Å². The van der Waals surface area contributed by atoms with E-state index in [0.29, 0.717) is 22.4 Å². The van der Waals surface area contributed by atoms with Gasteiger partial charge in [0.15, 0.2) is 0 Å². The number of amides is 1. The van der Waals surface area contributed by atoms with Crippen LogP contribution >= 0.6 is 11.6 Å². The van der Waals surface area contributed by atoms with E-state index < -0.39 is 0 Å². The summed E-state index contributed by atoms with van der Waals surface area (Å²) in [6.07, 6.45) is 2.90. The van der Waals surface area contributed by atoms with E-state index in [4.69, 9.17) is 16.1 Å². The van der Waals surface area contributed by atoms with Gasteiger partial charge in [-0.15, -0.1) is 0 Å². The molecule has 3 rings (SSSR count). The van der Waals surface area contributed by atoms with Crippen molar-refractivity contribution in [3.63, 3.8) is 0 Å². The molecule has 1 N–H and O–H groups in total. The Morgan fingerprint density at radius 3 is 3.05 bits per heavy atom. The fraction of sp³-hybridized carbons (Fsp3) is 0.333. The number of hydrogen-bond donors (Lipinski definition) is 1. The number of nitrogens with zero attached hydrogens (tertiary/aromatic N) is 1. The van der Waals surface area contributed by atoms with Gasteiger partial charge >= 0.3 is 0 Å². The molecule has 104 valence electrons. The summed E-state index contributed by atoms with van der Waals surface area (Å²) < 4.78 is 5.27. The molecule has 1 amide bonds. The average molecular weight is 291 g/mol. The monoisotopic (exact) mass is 290 g/mol. The highest BCUT2D eigenvalue weighted by Gasteiger charge is 2.24. The fourth-order valence-corrected chi connectivity index (χ4v) is 2.72. The number of anilines is 1. The first kappa shape index (κ1) is 13.2. The third-order valence-corrected chi connectivity index (χ3v) is 3.97. The van der Waals surface area contributed by atoms with Crippen molar-refractivity contribution < 1.29 is 9.32 Å². The molecule has 1 aromatic heterocycles. The normalized spacial score (nSPS) is 17.6. The van der Waals surface area contributed by atoms with Crippen LogP contribution in [0.15, 0.2) is 28.8 Å². The van der Waals surface area contributed by atoms with Gasteiger partial charge in [-0.3, -0.25) is 10.1 Å². The molecule has 1 aliphatic rings. The highest BCUT2D eigenvalue weighted by atomic mass is 35.5. The van der Waals surface area contributed by atoms with E-state index in [1.807, 2.05) is 0 Å². The maximum Gasteiger partial charge on any atom is 0.259 e. The number of carbonyl (C=O) groups excluding carboxylic acids is 1. The van der Waals surface area contributed by atoms with Gasteiger partial charge in [0.05, 0.1) is 16.3 Å². The van der Waals surface area contributed by atoms with Crippen LogP contribution in [0.25, 0.3) is 0 Å². The first-order valence-electron chi connectivity index (χ1n) is 6.68. The highest BCUT2D eigenvalue weighted by Crippen LogP contribution is 2.31. The van der Waals surface area contributed by atoms with Crippen LogP contribution < -0.4 is 5.32 Å². The summed E-state index contributed by atoms with van der Waals surface area (Å²) in [6, 6.07) is 6.94. The molecule has 5 heteroatoms. The first-order valence-corrected chi connectivity index (χ1v) is 7.06. The number of nitrogens with one attached hydrogen (secondary N) is 1. The Morgan fingerprint density at radius 2 is 2.25 bits per heavy atom. The van der Waals surface area contributed by atoms with Crippen molar-refractivity contribution in [1.29, 1.82) is 0 Å². The highest BCUT2D eigenvalue weighted by molar-refractivity contribution is 6.34. The van der Waals surface area contributed by atoms with Gasteiger partial charge in [0.25, 0.3) is 5.91 Å². The SMILES string of the molecule is C[C@@H]1CCc2noc(NC(=O)c3ccccc3Cl)c2C1. The van der Waals surface area contributed by atoms with Crippen molar-refractivity contribution >= 4 is 23.4 Å². The lowest BCUT2D eigenvalue weighted by atomic mass is 9.89. The first-order chi connectivity index (χ1) is 9.65. The van der Waals surface area contributed by atoms with E-state index in [2.05, 4.69) is 17.4 Å². The number of hydrogen-bond acceptors (Lipinski definition) is 3. The van der Waals surface area contributed by atoms with Crippen molar-refractivity contribution in [2.24, 2.45) is 5.92 Å². The summed E-state index contributed by atoms with van der Waals surface area (Å²) in [4.78, 5) is 12.2. The molecule has 2 aromatic rings. The molecule has 0 unspecified atom stereocenters. The molecule has 0 saturated carbocycles. The smallest absolute Gasteiger partial charge is 0.259 e. The quantitative estimate of drug-likeness (QED) is 0.917. The summed E-state index contributed by atoms with van der Waals surface area (Å²) in [5, 5.41) is 7.24. The van der Waals surface area contributed by atoms with E-state index in [0.717, 1.165) is 30.5 Å². The molecule has 0 aliphatic heterocycles. The zero-order valence-corrected chi connectivity index (χ0v) is 11.9. The van der Waals surface area contributed by atoms with Gasteiger partial charge in [0, 0.05) is 5.56 Å². The second-order valence-electron chi connectivity index (χ2n) is 5.22. The molecule has 0 radical (unpaired) electrons. The largest absolute Gasteiger partial charge is 0.338 e. The number of carbonyl (C=O) groups is 1. The lowest BCUT2D eigenvalue weighted by Crippen LogP contribution is -2.16. The molecule has 0 fully saturated rings. The summed E-state index contributed by atoms with van der Waals surface area (Å²) in [5.74, 6) is 0.766. The Morgan fingerprint density at radius 1 is 1.45 bits per heavy atom. The van der Waals surface area contributed by atoms with Crippen LogP contribution in [0.1, 0.15) is 35.0 Å². The number of benzene rings is 1. The molecule has 1 aliphatic carbocycles. The van der Waals surface area contributed by atoms with E-state index in [1.54, 1.807) is 24.3 Å². The Kier molecular flexibility index (Phi) is 3.49. The summed E-state index contributed by atoms with van der Waals surface area (Å²) in [6.45, 7) is 2.19. The molecule has 0 spiro atoms. The number of aromatic nitrogens is 1. The zero-order valence-electron chi connectivity index (χ0n) is 11.1. The minimum absolute atomic E-state index is 0.271. The van der Waals surface area contributed by atoms with E-state index in [1.165, 1.54) is 0 Å². The molecule has 0 saturated heterocycles. The summed E-state index contributed by atoms with van der Waals surface area (Å²) in [7, 11) is 0. The van der Waals surface area contributed by atoms with Crippen LogP contribution in [0.2, 0.25) is 5.02 Å². The van der Waals surface area contributed by atoms with Crippen molar-refractivity contribution in [2.45, 2.75) is 26.2 Å². The van der Waals surface area contributed by atoms with Crippen molar-refractivity contribution in [3.8, 4) is 0 Å². The lowest BCUT2D eigenvalue weighted by Gasteiger charge is -2.16. The van der Waals surface area contributed by atoms with Gasteiger partial charge < -0.3 is 4.52 Å². The average Bonchev–Trinajstić information content (AvgIpc) is 2.82. The molecular weight excluding hydrogens is 276 g/mol. The van der Waals surface area contributed by atoms with Crippen LogP contribution in [0.4, 0.5) is 5.88 Å². The van der Waals surface area contributed by atoms with Crippen molar-refractivity contribution in [1.82, 2.24) is 5.16 Å². The minimum Gasteiger partial charge on any atom is -0.338 e. The van der Waals surface area contributed by atoms with Gasteiger partial charge in [-0.2, -0.15) is 0 Å². The van der Waals surface area contributed by atoms with E-state index >= 15 is 0 Å². The number of fused-ring (bicyclic) bond motifs is 1. The van der Waals surface area contributed by atoms with Crippen molar-refractivity contribution in [2.75, 3.05) is 5.32 Å². The van der Waals surface area contributed by atoms with E-state index in [9.17, 15) is 4.79 Å². The predicted octanol–water partition coefficient (Wildman–Crippen LogP) is 3.71. The number of rotatable bonds is 2. The minimum atomic E-state index is -0.271. The Hall–Kier alpha value is -1.81. The number of aryl methyl sites for hydroxylation is 1. The van der Waals surface area contributed by atoms with Crippen molar-refractivity contribution in [3.05, 3.63) is 46.1 Å². The second kappa shape index (κ2) is 5.29. The predicted molar refractivity (Wildman–Crippen MR) is 77.1 cm³/mol. The maximum atomic E-state index is 12.2. The molecule has 1 atom stereocenters. The van der Waals surface area contributed by atoms with Gasteiger partial charge in [0.1, 0.15) is 0 Å². The number of halogens is 1. The molecule has 0 bridgehead atoms. The van der Waals surface area contributed by atoms with Gasteiger partial charge in [-0.25, -0.2) is 0 Å². The van der Waals surface area contributed by atoms with Crippen LogP contribution in [0.3, 0.4) is 0 Å². The summed E-state index contributed by atoms with van der Waals surface area (Å²) in [5.41, 5.74) is 2.41.